The van der Waals surface area contributed by atoms with Crippen LogP contribution < -0.4 is 4.72 Å². The van der Waals surface area contributed by atoms with E-state index in [1.165, 1.54) is 6.07 Å². The highest BCUT2D eigenvalue weighted by Crippen LogP contribution is 2.34. The number of aromatic hydroxyl groups is 1. The second-order valence-corrected chi connectivity index (χ2v) is 8.74. The zero-order valence-corrected chi connectivity index (χ0v) is 15.3. The minimum absolute atomic E-state index is 0.0520. The zero-order valence-electron chi connectivity index (χ0n) is 14.4. The molecule has 3 aromatic rings. The van der Waals surface area contributed by atoms with Crippen LogP contribution in [-0.4, -0.2) is 13.5 Å². The summed E-state index contributed by atoms with van der Waals surface area (Å²) in [6, 6.07) is 17.4. The van der Waals surface area contributed by atoms with Crippen LogP contribution in [-0.2, 0) is 15.4 Å². The first-order valence-corrected chi connectivity index (χ1v) is 9.51. The van der Waals surface area contributed by atoms with Gasteiger partial charge in [-0.15, -0.1) is 0 Å². The summed E-state index contributed by atoms with van der Waals surface area (Å²) in [5, 5.41) is 11.6. The Kier molecular flexibility index (Phi) is 4.21. The molecule has 4 nitrogen and oxygen atoms in total. The molecule has 3 rings (SSSR count). The third-order valence-electron chi connectivity index (χ3n) is 4.17. The van der Waals surface area contributed by atoms with E-state index in [9.17, 15) is 13.5 Å². The highest BCUT2D eigenvalue weighted by Gasteiger charge is 2.20. The van der Waals surface area contributed by atoms with Gasteiger partial charge in [-0.05, 0) is 34.6 Å². The molecule has 130 valence electrons. The summed E-state index contributed by atoms with van der Waals surface area (Å²) in [5.41, 5.74) is 1.20. The molecular weight excluding hydrogens is 334 g/mol. The van der Waals surface area contributed by atoms with Crippen molar-refractivity contribution < 1.29 is 13.5 Å². The summed E-state index contributed by atoms with van der Waals surface area (Å²) in [4.78, 5) is 0.160. The van der Waals surface area contributed by atoms with Crippen molar-refractivity contribution in [2.24, 2.45) is 0 Å². The molecule has 0 aliphatic rings. The van der Waals surface area contributed by atoms with Gasteiger partial charge < -0.3 is 5.11 Å². The van der Waals surface area contributed by atoms with E-state index in [-0.39, 0.29) is 21.7 Å². The number of sulfonamides is 1. The van der Waals surface area contributed by atoms with Crippen LogP contribution in [0.4, 0.5) is 5.69 Å². The predicted molar refractivity (Wildman–Crippen MR) is 102 cm³/mol. The maximum absolute atomic E-state index is 12.7. The summed E-state index contributed by atoms with van der Waals surface area (Å²) in [7, 11) is -3.80. The quantitative estimate of drug-likeness (QED) is 0.672. The lowest BCUT2D eigenvalue weighted by Crippen LogP contribution is -2.15. The van der Waals surface area contributed by atoms with Gasteiger partial charge in [-0.25, -0.2) is 8.42 Å². The number of phenols is 1. The van der Waals surface area contributed by atoms with Gasteiger partial charge in [0.1, 0.15) is 5.75 Å². The lowest BCUT2D eigenvalue weighted by Gasteiger charge is -2.19. The fraction of sp³-hybridized carbons (Fsp3) is 0.200. The molecule has 0 radical (unpaired) electrons. The Labute approximate surface area is 148 Å². The Bertz CT molecular complexity index is 1020. The monoisotopic (exact) mass is 355 g/mol. The van der Waals surface area contributed by atoms with E-state index < -0.39 is 10.0 Å². The highest BCUT2D eigenvalue weighted by molar-refractivity contribution is 7.92. The molecule has 5 heteroatoms. The van der Waals surface area contributed by atoms with Gasteiger partial charge in [-0.1, -0.05) is 63.2 Å². The van der Waals surface area contributed by atoms with Gasteiger partial charge in [0, 0.05) is 5.39 Å². The Morgan fingerprint density at radius 3 is 2.16 bits per heavy atom. The molecule has 3 aromatic carbocycles. The molecule has 0 saturated carbocycles. The largest absolute Gasteiger partial charge is 0.506 e. The first-order valence-electron chi connectivity index (χ1n) is 8.02. The molecule has 0 saturated heterocycles. The van der Waals surface area contributed by atoms with Gasteiger partial charge in [0.05, 0.1) is 10.6 Å². The van der Waals surface area contributed by atoms with Crippen molar-refractivity contribution in [3.63, 3.8) is 0 Å². The van der Waals surface area contributed by atoms with Crippen LogP contribution in [0.5, 0.6) is 5.75 Å². The van der Waals surface area contributed by atoms with Crippen molar-refractivity contribution in [2.45, 2.75) is 31.1 Å². The van der Waals surface area contributed by atoms with Gasteiger partial charge in [0.2, 0.25) is 0 Å². The second kappa shape index (κ2) is 6.08. The predicted octanol–water partition coefficient (Wildman–Crippen LogP) is 4.64. The lowest BCUT2D eigenvalue weighted by molar-refractivity contribution is 0.478. The molecule has 0 aliphatic heterocycles. The normalized spacial score (nSPS) is 12.3. The number of anilines is 1. The Hall–Kier alpha value is -2.53. The molecule has 0 unspecified atom stereocenters. The number of fused-ring (bicyclic) bond motifs is 1. The highest BCUT2D eigenvalue weighted by atomic mass is 32.2. The van der Waals surface area contributed by atoms with Crippen LogP contribution in [0, 0.1) is 0 Å². The van der Waals surface area contributed by atoms with Gasteiger partial charge in [0.15, 0.2) is 0 Å². The van der Waals surface area contributed by atoms with Crippen LogP contribution in [0.25, 0.3) is 10.8 Å². The third-order valence-corrected chi connectivity index (χ3v) is 5.54. The minimum atomic E-state index is -3.80. The van der Waals surface area contributed by atoms with E-state index in [0.29, 0.717) is 5.39 Å². The van der Waals surface area contributed by atoms with Crippen molar-refractivity contribution in [1.82, 2.24) is 0 Å². The smallest absolute Gasteiger partial charge is 0.262 e. The fourth-order valence-corrected chi connectivity index (χ4v) is 3.79. The van der Waals surface area contributed by atoms with E-state index in [2.05, 4.69) is 25.5 Å². The SMILES string of the molecule is CC(C)(C)c1ccc(S(=O)(=O)Nc2c(O)ccc3ccccc23)cc1. The molecule has 0 amide bonds. The van der Waals surface area contributed by atoms with Crippen LogP contribution in [0.2, 0.25) is 0 Å². The van der Waals surface area contributed by atoms with Crippen LogP contribution in [0.15, 0.2) is 65.6 Å². The van der Waals surface area contributed by atoms with Crippen molar-refractivity contribution in [1.29, 1.82) is 0 Å². The molecule has 0 aliphatic carbocycles. The summed E-state index contributed by atoms with van der Waals surface area (Å²) in [6.45, 7) is 6.22. The maximum atomic E-state index is 12.7. The summed E-state index contributed by atoms with van der Waals surface area (Å²) in [6.07, 6.45) is 0. The zero-order chi connectivity index (χ0) is 18.2. The lowest BCUT2D eigenvalue weighted by atomic mass is 9.87. The van der Waals surface area contributed by atoms with E-state index in [0.717, 1.165) is 10.9 Å². The van der Waals surface area contributed by atoms with Gasteiger partial charge in [-0.2, -0.15) is 0 Å². The van der Waals surface area contributed by atoms with Gasteiger partial charge >= 0.3 is 0 Å². The first-order chi connectivity index (χ1) is 11.7. The first kappa shape index (κ1) is 17.3. The molecule has 0 aromatic heterocycles. The van der Waals surface area contributed by atoms with E-state index in [4.69, 9.17) is 0 Å². The molecule has 0 fully saturated rings. The Morgan fingerprint density at radius 2 is 1.52 bits per heavy atom. The van der Waals surface area contributed by atoms with Gasteiger partial charge in [0.25, 0.3) is 10.0 Å². The molecule has 0 atom stereocenters. The molecule has 2 N–H and O–H groups in total. The summed E-state index contributed by atoms with van der Waals surface area (Å²) < 4.78 is 28.0. The number of phenolic OH excluding ortho intramolecular Hbond substituents is 1. The number of hydrogen-bond donors (Lipinski definition) is 2. The molecule has 0 bridgehead atoms. The third kappa shape index (κ3) is 3.46. The number of nitrogens with one attached hydrogen (secondary N) is 1. The van der Waals surface area contributed by atoms with Crippen molar-refractivity contribution in [3.05, 3.63) is 66.2 Å². The van der Waals surface area contributed by atoms with Crippen LogP contribution in [0.1, 0.15) is 26.3 Å². The molecule has 0 spiro atoms. The van der Waals surface area contributed by atoms with E-state index in [1.807, 2.05) is 24.3 Å². The summed E-state index contributed by atoms with van der Waals surface area (Å²) >= 11 is 0. The average Bonchev–Trinajstić information content (AvgIpc) is 2.57. The second-order valence-electron chi connectivity index (χ2n) is 7.06. The average molecular weight is 355 g/mol. The topological polar surface area (TPSA) is 66.4 Å². The van der Waals surface area contributed by atoms with Crippen molar-refractivity contribution >= 4 is 26.5 Å². The summed E-state index contributed by atoms with van der Waals surface area (Å²) in [5.74, 6) is -0.103. The maximum Gasteiger partial charge on any atom is 0.262 e. The van der Waals surface area contributed by atoms with Crippen molar-refractivity contribution in [3.8, 4) is 5.75 Å². The number of hydrogen-bond acceptors (Lipinski definition) is 3. The van der Waals surface area contributed by atoms with E-state index in [1.54, 1.807) is 30.3 Å². The minimum Gasteiger partial charge on any atom is -0.506 e. The number of benzene rings is 3. The van der Waals surface area contributed by atoms with Crippen LogP contribution >= 0.6 is 0 Å². The fourth-order valence-electron chi connectivity index (χ4n) is 2.69. The molecule has 25 heavy (non-hydrogen) atoms. The standard InChI is InChI=1S/C20H21NO3S/c1-20(2,3)15-9-11-16(12-10-15)25(23,24)21-19-17-7-5-4-6-14(17)8-13-18(19)22/h4-13,21-22H,1-3H3. The van der Waals surface area contributed by atoms with Crippen molar-refractivity contribution in [2.75, 3.05) is 4.72 Å². The van der Waals surface area contributed by atoms with Crippen LogP contribution in [0.3, 0.4) is 0 Å². The Morgan fingerprint density at radius 1 is 0.880 bits per heavy atom. The van der Waals surface area contributed by atoms with E-state index >= 15 is 0 Å². The molecule has 0 heterocycles. The van der Waals surface area contributed by atoms with Gasteiger partial charge in [-0.3, -0.25) is 4.72 Å². The Balaban J connectivity index is 2.01. The number of rotatable bonds is 3. The molecular formula is C20H21NO3S.